The summed E-state index contributed by atoms with van der Waals surface area (Å²) in [7, 11) is 1.64. The van der Waals surface area contributed by atoms with E-state index in [2.05, 4.69) is 22.3 Å². The summed E-state index contributed by atoms with van der Waals surface area (Å²) in [4.78, 5) is 12.8. The Morgan fingerprint density at radius 3 is 2.50 bits per heavy atom. The van der Waals surface area contributed by atoms with E-state index in [0.29, 0.717) is 6.42 Å². The number of aromatic amines is 1. The third-order valence-electron chi connectivity index (χ3n) is 4.64. The lowest BCUT2D eigenvalue weighted by Gasteiger charge is -2.21. The van der Waals surface area contributed by atoms with Crippen LogP contribution in [0.4, 0.5) is 0 Å². The van der Waals surface area contributed by atoms with Crippen LogP contribution in [0.2, 0.25) is 0 Å². The van der Waals surface area contributed by atoms with Crippen LogP contribution >= 0.6 is 0 Å². The van der Waals surface area contributed by atoms with E-state index in [1.54, 1.807) is 7.11 Å². The fraction of sp³-hybridized carbons (Fsp3) is 0.200. The number of hydrogen-bond donors (Lipinski definition) is 1. The largest absolute Gasteiger partial charge is 0.497 e. The minimum absolute atomic E-state index is 0.157. The van der Waals surface area contributed by atoms with Crippen molar-refractivity contribution in [1.29, 1.82) is 0 Å². The Kier molecular flexibility index (Phi) is 3.65. The molecule has 0 radical (unpaired) electrons. The Hall–Kier alpha value is -2.88. The number of ketones is 1. The minimum Gasteiger partial charge on any atom is -0.497 e. The van der Waals surface area contributed by atoms with Gasteiger partial charge in [0.15, 0.2) is 5.78 Å². The molecule has 4 nitrogen and oxygen atoms in total. The van der Waals surface area contributed by atoms with Gasteiger partial charge in [-0.05, 0) is 42.2 Å². The summed E-state index contributed by atoms with van der Waals surface area (Å²) < 4.78 is 5.19. The van der Waals surface area contributed by atoms with Gasteiger partial charge in [0.2, 0.25) is 0 Å². The second-order valence-corrected chi connectivity index (χ2v) is 6.09. The second-order valence-electron chi connectivity index (χ2n) is 6.09. The maximum absolute atomic E-state index is 12.8. The normalized spacial score (nSPS) is 16.7. The van der Waals surface area contributed by atoms with Crippen molar-refractivity contribution in [2.75, 3.05) is 7.11 Å². The van der Waals surface area contributed by atoms with Gasteiger partial charge < -0.3 is 4.74 Å². The molecule has 4 heteroatoms. The van der Waals surface area contributed by atoms with E-state index in [1.807, 2.05) is 42.5 Å². The van der Waals surface area contributed by atoms with Crippen LogP contribution < -0.4 is 4.74 Å². The molecule has 4 rings (SSSR count). The monoisotopic (exact) mass is 318 g/mol. The molecular weight excluding hydrogens is 300 g/mol. The van der Waals surface area contributed by atoms with Crippen LogP contribution in [0.5, 0.6) is 5.75 Å². The molecule has 0 aliphatic heterocycles. The minimum atomic E-state index is 0.157. The molecule has 0 amide bonds. The van der Waals surface area contributed by atoms with Crippen LogP contribution in [0, 0.1) is 0 Å². The van der Waals surface area contributed by atoms with Crippen LogP contribution in [0.3, 0.4) is 0 Å². The lowest BCUT2D eigenvalue weighted by Crippen LogP contribution is -2.18. The first-order valence-corrected chi connectivity index (χ1v) is 8.06. The van der Waals surface area contributed by atoms with Crippen LogP contribution in [0.25, 0.3) is 11.3 Å². The van der Waals surface area contributed by atoms with Gasteiger partial charge >= 0.3 is 0 Å². The summed E-state index contributed by atoms with van der Waals surface area (Å²) in [5.74, 6) is 1.17. The summed E-state index contributed by atoms with van der Waals surface area (Å²) in [6, 6.07) is 17.9. The van der Waals surface area contributed by atoms with Gasteiger partial charge in [-0.15, -0.1) is 0 Å². The van der Waals surface area contributed by atoms with Crippen molar-refractivity contribution in [2.45, 2.75) is 18.8 Å². The number of benzene rings is 2. The number of rotatable bonds is 3. The number of Topliss-reactive ketones (excluding diaryl/α,β-unsaturated/α-hetero) is 1. The highest BCUT2D eigenvalue weighted by Gasteiger charge is 2.31. The zero-order chi connectivity index (χ0) is 16.5. The van der Waals surface area contributed by atoms with Gasteiger partial charge in [0.25, 0.3) is 0 Å². The number of nitrogens with zero attached hydrogens (tertiary/aromatic N) is 1. The molecule has 2 aromatic carbocycles. The molecule has 1 aliphatic carbocycles. The quantitative estimate of drug-likeness (QED) is 0.794. The molecule has 1 atom stereocenters. The van der Waals surface area contributed by atoms with Crippen molar-refractivity contribution >= 4 is 5.78 Å². The molecule has 0 spiro atoms. The van der Waals surface area contributed by atoms with Gasteiger partial charge in [-0.25, -0.2) is 0 Å². The average molecular weight is 318 g/mol. The van der Waals surface area contributed by atoms with Crippen molar-refractivity contribution in [3.8, 4) is 17.0 Å². The maximum Gasteiger partial charge on any atom is 0.167 e. The number of ether oxygens (including phenoxy) is 1. The maximum atomic E-state index is 12.8. The molecule has 0 bridgehead atoms. The van der Waals surface area contributed by atoms with Crippen molar-refractivity contribution in [3.05, 3.63) is 71.4 Å². The zero-order valence-corrected chi connectivity index (χ0v) is 13.5. The summed E-state index contributed by atoms with van der Waals surface area (Å²) in [5, 5.41) is 7.50. The molecule has 0 unspecified atom stereocenters. The summed E-state index contributed by atoms with van der Waals surface area (Å²) in [6.45, 7) is 0. The van der Waals surface area contributed by atoms with Crippen LogP contribution in [-0.2, 0) is 6.42 Å². The predicted molar refractivity (Wildman–Crippen MR) is 92.4 cm³/mol. The summed E-state index contributed by atoms with van der Waals surface area (Å²) >= 11 is 0. The van der Waals surface area contributed by atoms with Gasteiger partial charge in [0, 0.05) is 17.7 Å². The van der Waals surface area contributed by atoms with Crippen molar-refractivity contribution in [2.24, 2.45) is 0 Å². The highest BCUT2D eigenvalue weighted by Crippen LogP contribution is 2.36. The highest BCUT2D eigenvalue weighted by atomic mass is 16.5. The first kappa shape index (κ1) is 14.7. The van der Waals surface area contributed by atoms with E-state index < -0.39 is 0 Å². The van der Waals surface area contributed by atoms with Gasteiger partial charge in [0.1, 0.15) is 11.4 Å². The molecule has 3 aromatic rings. The molecule has 1 heterocycles. The smallest absolute Gasteiger partial charge is 0.167 e. The van der Waals surface area contributed by atoms with Gasteiger partial charge in [0.05, 0.1) is 12.7 Å². The average Bonchev–Trinajstić information content (AvgIpc) is 3.07. The van der Waals surface area contributed by atoms with E-state index in [1.165, 1.54) is 5.56 Å². The molecular formula is C20H18N2O2. The Morgan fingerprint density at radius 1 is 1.04 bits per heavy atom. The molecule has 24 heavy (non-hydrogen) atoms. The number of nitrogens with one attached hydrogen (secondary N) is 1. The fourth-order valence-electron chi connectivity index (χ4n) is 3.39. The molecule has 1 aliphatic rings. The van der Waals surface area contributed by atoms with E-state index in [0.717, 1.165) is 34.7 Å². The molecule has 0 saturated heterocycles. The van der Waals surface area contributed by atoms with E-state index in [9.17, 15) is 4.79 Å². The molecule has 1 aromatic heterocycles. The first-order valence-electron chi connectivity index (χ1n) is 8.06. The molecule has 0 saturated carbocycles. The Bertz CT molecular complexity index is 866. The number of fused-ring (bicyclic) bond motifs is 1. The predicted octanol–water partition coefficient (Wildman–Crippen LogP) is 4.00. The zero-order valence-electron chi connectivity index (χ0n) is 13.5. The summed E-state index contributed by atoms with van der Waals surface area (Å²) in [6.07, 6.45) is 1.34. The van der Waals surface area contributed by atoms with Gasteiger partial charge in [-0.3, -0.25) is 9.89 Å². The number of methoxy groups -OCH3 is 1. The number of aromatic nitrogens is 2. The Morgan fingerprint density at radius 2 is 1.79 bits per heavy atom. The van der Waals surface area contributed by atoms with Gasteiger partial charge in [-0.2, -0.15) is 5.10 Å². The molecule has 1 N–H and O–H groups in total. The van der Waals surface area contributed by atoms with Crippen LogP contribution in [0.1, 0.15) is 34.0 Å². The number of H-pyrrole nitrogens is 1. The van der Waals surface area contributed by atoms with Crippen molar-refractivity contribution < 1.29 is 9.53 Å². The molecule has 0 fully saturated rings. The van der Waals surface area contributed by atoms with Crippen molar-refractivity contribution in [1.82, 2.24) is 10.2 Å². The van der Waals surface area contributed by atoms with E-state index >= 15 is 0 Å². The van der Waals surface area contributed by atoms with Gasteiger partial charge in [-0.1, -0.05) is 30.3 Å². The lowest BCUT2D eigenvalue weighted by atomic mass is 9.81. The lowest BCUT2D eigenvalue weighted by molar-refractivity contribution is 0.0965. The summed E-state index contributed by atoms with van der Waals surface area (Å²) in [5.41, 5.74) is 4.55. The Balaban J connectivity index is 1.68. The fourth-order valence-corrected chi connectivity index (χ4v) is 3.39. The SMILES string of the molecule is COc1ccc(-c2n[nH]c3c2C(=O)C[C@@H](c2ccccc2)C3)cc1. The topological polar surface area (TPSA) is 55.0 Å². The van der Waals surface area contributed by atoms with E-state index in [4.69, 9.17) is 4.74 Å². The standard InChI is InChI=1S/C20H18N2O2/c1-24-16-9-7-14(8-10-16)20-19-17(21-22-20)11-15(12-18(19)23)13-5-3-2-4-6-13/h2-10,15H,11-12H2,1H3,(H,21,22)/t15-/m0/s1. The van der Waals surface area contributed by atoms with Crippen LogP contribution in [0.15, 0.2) is 54.6 Å². The Labute approximate surface area is 140 Å². The highest BCUT2D eigenvalue weighted by molar-refractivity contribution is 6.04. The third kappa shape index (κ3) is 2.50. The number of hydrogen-bond acceptors (Lipinski definition) is 3. The first-order chi connectivity index (χ1) is 11.8. The second kappa shape index (κ2) is 5.96. The number of carbonyl (C=O) groups is 1. The van der Waals surface area contributed by atoms with Crippen molar-refractivity contribution in [3.63, 3.8) is 0 Å². The van der Waals surface area contributed by atoms with E-state index in [-0.39, 0.29) is 11.7 Å². The van der Waals surface area contributed by atoms with Crippen LogP contribution in [-0.4, -0.2) is 23.1 Å². The third-order valence-corrected chi connectivity index (χ3v) is 4.64. The molecule has 120 valence electrons. The number of carbonyl (C=O) groups excluding carboxylic acids is 1.